The number of hydrogen-bond donors (Lipinski definition) is 3. The molecule has 11 nitrogen and oxygen atoms in total. The molecule has 2 heterocycles. The Balaban J connectivity index is 0.00000529. The van der Waals surface area contributed by atoms with Crippen molar-refractivity contribution in [1.82, 2.24) is 20.9 Å². The Morgan fingerprint density at radius 2 is 1.84 bits per heavy atom. The van der Waals surface area contributed by atoms with E-state index in [-0.39, 0.29) is 51.9 Å². The number of allylic oxidation sites excluding steroid dienone is 1. The maximum Gasteiger partial charge on any atom is 0.408 e. The van der Waals surface area contributed by atoms with Gasteiger partial charge in [-0.25, -0.2) is 9.59 Å². The molecule has 0 spiro atoms. The first-order valence-electron chi connectivity index (χ1n) is 15.0. The molecule has 3 aliphatic rings. The number of benzene rings is 1. The van der Waals surface area contributed by atoms with E-state index in [1.54, 1.807) is 52.1 Å². The number of nitrogens with zero attached hydrogens (tertiary/aromatic N) is 1. The van der Waals surface area contributed by atoms with Crippen molar-refractivity contribution in [1.29, 1.82) is 0 Å². The van der Waals surface area contributed by atoms with Crippen LogP contribution in [0.2, 0.25) is 0 Å². The molecule has 1 saturated heterocycles. The van der Waals surface area contributed by atoms with Crippen molar-refractivity contribution >= 4 is 29.8 Å². The fourth-order valence-electron chi connectivity index (χ4n) is 5.50. The molecule has 0 unspecified atom stereocenters. The first-order valence-corrected chi connectivity index (χ1v) is 15.0. The van der Waals surface area contributed by atoms with Crippen molar-refractivity contribution in [3.63, 3.8) is 0 Å². The smallest absolute Gasteiger partial charge is 0.408 e. The van der Waals surface area contributed by atoms with E-state index < -0.39 is 41.2 Å². The second-order valence-corrected chi connectivity index (χ2v) is 12.4. The second-order valence-electron chi connectivity index (χ2n) is 12.4. The van der Waals surface area contributed by atoms with Crippen molar-refractivity contribution in [2.24, 2.45) is 5.92 Å². The average Bonchev–Trinajstić information content (AvgIpc) is 3.42. The van der Waals surface area contributed by atoms with E-state index in [1.807, 2.05) is 18.6 Å². The van der Waals surface area contributed by atoms with Crippen LogP contribution >= 0.6 is 0 Å². The second kappa shape index (κ2) is 15.2. The van der Waals surface area contributed by atoms with Crippen LogP contribution in [0, 0.1) is 12.3 Å². The van der Waals surface area contributed by atoms with Crippen molar-refractivity contribution in [3.8, 4) is 0 Å². The molecule has 0 bridgehead atoms. The number of nitrogens with one attached hydrogen (secondary N) is 3. The van der Waals surface area contributed by atoms with Crippen LogP contribution in [0.15, 0.2) is 36.4 Å². The molecule has 240 valence electrons. The van der Waals surface area contributed by atoms with Crippen LogP contribution in [0.1, 0.15) is 81.6 Å². The molecule has 4 atom stereocenters. The van der Waals surface area contributed by atoms with Gasteiger partial charge in [-0.2, -0.15) is 0 Å². The Labute approximate surface area is 273 Å². The van der Waals surface area contributed by atoms with Crippen LogP contribution in [0.5, 0.6) is 0 Å². The van der Waals surface area contributed by atoms with Crippen molar-refractivity contribution in [2.45, 2.75) is 95.5 Å². The van der Waals surface area contributed by atoms with Gasteiger partial charge in [-0.1, -0.05) is 37.1 Å². The Hall–Kier alpha value is -3.20. The van der Waals surface area contributed by atoms with Crippen LogP contribution in [0.25, 0.3) is 0 Å². The minimum atomic E-state index is -1.22. The molecule has 2 aliphatic heterocycles. The van der Waals surface area contributed by atoms with E-state index in [2.05, 4.69) is 16.0 Å². The third-order valence-corrected chi connectivity index (χ3v) is 7.94. The molecule has 1 saturated carbocycles. The standard InChI is InChI=1S/C32H43N4O7.W/c1-31(2,3)43-30(41)34-24-12-9-7-5-6-8-11-23-19-32(23,35-27(38)25-13-10-18-36(25)28(24)39)29(40)42-20-21-14-16-22(17-15-21)26(37)33-4;/h8,10-11,14-17,23-25H,5-7,9,12-13,18-20H2,1-4H3,(H,33,37)(H,34,41)(H,35,38);/q-1;/b11-8-;/t23-,24+,25+,32-;/m1./s1. The number of amides is 4. The van der Waals surface area contributed by atoms with E-state index in [0.29, 0.717) is 30.4 Å². The van der Waals surface area contributed by atoms with Gasteiger partial charge in [0.05, 0.1) is 6.04 Å². The number of hydrogen-bond acceptors (Lipinski definition) is 7. The van der Waals surface area contributed by atoms with Crippen LogP contribution in [0.4, 0.5) is 4.79 Å². The molecule has 3 N–H and O–H groups in total. The molecule has 44 heavy (non-hydrogen) atoms. The SMILES string of the molecule is CNC(=O)c1ccc(COC(=O)[C@@]23C[C@H]2/C=C\CCCCC[C@H](NC(=O)OC(C)(C)C)C(=O)N2C[CH-]C[C@H]2C(=O)N3)cc1.[W]. The van der Waals surface area contributed by atoms with E-state index >= 15 is 0 Å². The molecule has 2 fully saturated rings. The summed E-state index contributed by atoms with van der Waals surface area (Å²) in [6.07, 6.45) is 9.57. The molecule has 0 radical (unpaired) electrons. The van der Waals surface area contributed by atoms with E-state index in [0.717, 1.165) is 25.7 Å². The largest absolute Gasteiger partial charge is 0.459 e. The van der Waals surface area contributed by atoms with Gasteiger partial charge >= 0.3 is 12.1 Å². The molecule has 1 aromatic rings. The van der Waals surface area contributed by atoms with Crippen LogP contribution in [0.3, 0.4) is 0 Å². The van der Waals surface area contributed by atoms with E-state index in [4.69, 9.17) is 9.47 Å². The predicted octanol–water partition coefficient (Wildman–Crippen LogP) is 3.18. The van der Waals surface area contributed by atoms with Gasteiger partial charge < -0.3 is 36.7 Å². The molecular weight excluding hydrogens is 736 g/mol. The summed E-state index contributed by atoms with van der Waals surface area (Å²) in [5.41, 5.74) is -0.739. The monoisotopic (exact) mass is 779 g/mol. The summed E-state index contributed by atoms with van der Waals surface area (Å²) < 4.78 is 11.1. The van der Waals surface area contributed by atoms with Crippen molar-refractivity contribution in [2.75, 3.05) is 13.6 Å². The summed E-state index contributed by atoms with van der Waals surface area (Å²) >= 11 is 0. The van der Waals surface area contributed by atoms with Gasteiger partial charge in [-0.05, 0) is 64.2 Å². The summed E-state index contributed by atoms with van der Waals surface area (Å²) in [6.45, 7) is 5.51. The molecule has 12 heteroatoms. The van der Waals surface area contributed by atoms with Gasteiger partial charge in [0.2, 0.25) is 11.8 Å². The van der Waals surface area contributed by atoms with Crippen LogP contribution < -0.4 is 16.0 Å². The minimum absolute atomic E-state index is 0. The quantitative estimate of drug-likeness (QED) is 0.237. The maximum absolute atomic E-state index is 13.7. The van der Waals surface area contributed by atoms with Gasteiger partial charge in [0.1, 0.15) is 23.8 Å². The van der Waals surface area contributed by atoms with E-state index in [1.165, 1.54) is 4.90 Å². The van der Waals surface area contributed by atoms with Gasteiger partial charge in [0.15, 0.2) is 0 Å². The van der Waals surface area contributed by atoms with E-state index in [9.17, 15) is 24.0 Å². The molecule has 0 aromatic heterocycles. The molecule has 4 rings (SSSR count). The molecule has 1 aromatic carbocycles. The fourth-order valence-corrected chi connectivity index (χ4v) is 5.50. The first kappa shape index (κ1) is 35.3. The third kappa shape index (κ3) is 8.93. The topological polar surface area (TPSA) is 143 Å². The summed E-state index contributed by atoms with van der Waals surface area (Å²) in [4.78, 5) is 66.6. The number of fused-ring (bicyclic) bond motifs is 2. The number of rotatable bonds is 5. The number of alkyl carbamates (subject to hydrolysis) is 1. The Morgan fingerprint density at radius 3 is 2.52 bits per heavy atom. The third-order valence-electron chi connectivity index (χ3n) is 7.94. The molecule has 4 amide bonds. The Bertz CT molecular complexity index is 1250. The van der Waals surface area contributed by atoms with Gasteiger partial charge in [0, 0.05) is 39.6 Å². The molecule has 1 aliphatic carbocycles. The summed E-state index contributed by atoms with van der Waals surface area (Å²) in [6, 6.07) is 5.10. The normalized spacial score (nSPS) is 26.3. The van der Waals surface area contributed by atoms with Gasteiger partial charge in [-0.15, -0.1) is 13.0 Å². The zero-order valence-corrected chi connectivity index (χ0v) is 28.8. The first-order chi connectivity index (χ1) is 20.4. The number of carbonyl (C=O) groups is 5. The molecular formula is C32H43N4O7W-. The summed E-state index contributed by atoms with van der Waals surface area (Å²) in [5.74, 6) is -1.76. The zero-order chi connectivity index (χ0) is 31.2. The summed E-state index contributed by atoms with van der Waals surface area (Å²) in [5, 5.41) is 8.23. The average molecular weight is 780 g/mol. The summed E-state index contributed by atoms with van der Waals surface area (Å²) in [7, 11) is 1.55. The zero-order valence-electron chi connectivity index (χ0n) is 25.9. The number of esters is 1. The Kier molecular flexibility index (Phi) is 12.2. The van der Waals surface area contributed by atoms with Crippen LogP contribution in [-0.4, -0.2) is 71.5 Å². The van der Waals surface area contributed by atoms with Crippen molar-refractivity contribution in [3.05, 3.63) is 54.0 Å². The van der Waals surface area contributed by atoms with Crippen molar-refractivity contribution < 1.29 is 54.5 Å². The predicted molar refractivity (Wildman–Crippen MR) is 158 cm³/mol. The van der Waals surface area contributed by atoms with Gasteiger partial charge in [0.25, 0.3) is 5.91 Å². The van der Waals surface area contributed by atoms with Gasteiger partial charge in [-0.3, -0.25) is 14.4 Å². The Morgan fingerprint density at radius 1 is 1.11 bits per heavy atom. The maximum atomic E-state index is 13.7. The fraction of sp³-hybridized carbons (Fsp3) is 0.562. The number of ether oxygens (including phenoxy) is 2. The van der Waals surface area contributed by atoms with Crippen LogP contribution in [-0.2, 0) is 51.5 Å². The minimum Gasteiger partial charge on any atom is -0.459 e. The number of carbonyl (C=O) groups excluding carboxylic acids is 5.